The first kappa shape index (κ1) is 17.2. The van der Waals surface area contributed by atoms with E-state index in [0.29, 0.717) is 11.5 Å². The van der Waals surface area contributed by atoms with E-state index in [0.717, 1.165) is 0 Å². The summed E-state index contributed by atoms with van der Waals surface area (Å²) >= 11 is 5.45. The van der Waals surface area contributed by atoms with Gasteiger partial charge in [-0.2, -0.15) is 0 Å². The third-order valence-electron chi connectivity index (χ3n) is 4.28. The molecule has 0 bridgehead atoms. The predicted molar refractivity (Wildman–Crippen MR) is 91.6 cm³/mol. The molecular formula is C13H18N5O5PS. The summed E-state index contributed by atoms with van der Waals surface area (Å²) in [4.78, 5) is 23.0. The fraction of sp³-hybridized carbons (Fsp3) is 0.615. The van der Waals surface area contributed by atoms with Crippen molar-refractivity contribution in [2.75, 3.05) is 20.7 Å². The van der Waals surface area contributed by atoms with Gasteiger partial charge in [-0.1, -0.05) is 0 Å². The number of ether oxygens (including phenoxy) is 1. The Morgan fingerprint density at radius 1 is 1.52 bits per heavy atom. The highest BCUT2D eigenvalue weighted by atomic mass is 32.5. The number of imidazole rings is 1. The van der Waals surface area contributed by atoms with E-state index in [1.54, 1.807) is 30.3 Å². The van der Waals surface area contributed by atoms with Crippen LogP contribution in [0.4, 0.5) is 0 Å². The summed E-state index contributed by atoms with van der Waals surface area (Å²) in [6.45, 7) is -0.725. The molecule has 3 unspecified atom stereocenters. The van der Waals surface area contributed by atoms with E-state index in [-0.39, 0.29) is 17.7 Å². The van der Waals surface area contributed by atoms with Crippen LogP contribution < -0.4 is 5.56 Å². The highest BCUT2D eigenvalue weighted by Gasteiger charge is 2.52. The summed E-state index contributed by atoms with van der Waals surface area (Å²) < 4.78 is 20.7. The zero-order valence-electron chi connectivity index (χ0n) is 13.8. The van der Waals surface area contributed by atoms with Crippen molar-refractivity contribution in [2.45, 2.75) is 31.5 Å². The van der Waals surface area contributed by atoms with Crippen LogP contribution in [0, 0.1) is 6.92 Å². The number of hydrogen-bond acceptors (Lipinski definition) is 8. The van der Waals surface area contributed by atoms with Crippen molar-refractivity contribution in [1.82, 2.24) is 24.2 Å². The third-order valence-corrected chi connectivity index (χ3v) is 7.80. The molecule has 10 nitrogen and oxygen atoms in total. The molecule has 2 aliphatic heterocycles. The molecule has 2 fully saturated rings. The molecule has 0 saturated carbocycles. The van der Waals surface area contributed by atoms with Crippen molar-refractivity contribution in [3.63, 3.8) is 0 Å². The summed E-state index contributed by atoms with van der Waals surface area (Å²) in [7, 11) is 3.56. The van der Waals surface area contributed by atoms with Gasteiger partial charge in [-0.3, -0.25) is 9.36 Å². The van der Waals surface area contributed by atoms with Crippen LogP contribution in [0.5, 0.6) is 0 Å². The lowest BCUT2D eigenvalue weighted by atomic mass is 10.1. The summed E-state index contributed by atoms with van der Waals surface area (Å²) in [5.41, 5.74) is 0.192. The summed E-state index contributed by atoms with van der Waals surface area (Å²) in [6, 6.07) is 0. The second kappa shape index (κ2) is 5.92. The number of hydrogen-bond donors (Lipinski definition) is 2. The predicted octanol–water partition coefficient (Wildman–Crippen LogP) is -0.112. The minimum Gasteiger partial charge on any atom is -0.386 e. The van der Waals surface area contributed by atoms with Gasteiger partial charge < -0.3 is 23.9 Å². The number of H-pyrrole nitrogens is 1. The maximum atomic E-state index is 12.0. The van der Waals surface area contributed by atoms with Crippen molar-refractivity contribution >= 4 is 29.6 Å². The molecule has 2 aromatic heterocycles. The van der Waals surface area contributed by atoms with Crippen molar-refractivity contribution in [3.8, 4) is 0 Å². The van der Waals surface area contributed by atoms with Crippen molar-refractivity contribution < 1.29 is 18.9 Å². The number of aromatic nitrogens is 4. The first-order valence-electron chi connectivity index (χ1n) is 7.68. The Hall–Kier alpha value is -1.20. The molecular weight excluding hydrogens is 369 g/mol. The van der Waals surface area contributed by atoms with E-state index in [4.69, 9.17) is 25.6 Å². The van der Waals surface area contributed by atoms with Crippen molar-refractivity contribution in [2.24, 2.45) is 0 Å². The fourth-order valence-corrected chi connectivity index (χ4v) is 4.86. The first-order valence-corrected chi connectivity index (χ1v) is 10.3. The number of aryl methyl sites for hydroxylation is 1. The van der Waals surface area contributed by atoms with Gasteiger partial charge in [0, 0.05) is 0 Å². The van der Waals surface area contributed by atoms with E-state index in [9.17, 15) is 9.90 Å². The number of aliphatic hydroxyl groups is 1. The van der Waals surface area contributed by atoms with E-state index in [2.05, 4.69) is 15.0 Å². The second-order valence-corrected chi connectivity index (χ2v) is 9.80. The van der Waals surface area contributed by atoms with Gasteiger partial charge in [-0.25, -0.2) is 14.6 Å². The number of rotatable bonds is 2. The van der Waals surface area contributed by atoms with Crippen LogP contribution in [-0.4, -0.2) is 68.3 Å². The van der Waals surface area contributed by atoms with Crippen LogP contribution in [0.3, 0.4) is 0 Å². The van der Waals surface area contributed by atoms with Gasteiger partial charge in [0.15, 0.2) is 17.4 Å². The molecule has 0 radical (unpaired) electrons. The Morgan fingerprint density at radius 2 is 2.28 bits per heavy atom. The number of aromatic amines is 1. The Labute approximate surface area is 148 Å². The summed E-state index contributed by atoms with van der Waals surface area (Å²) in [6.07, 6.45) is -1.43. The number of nitrogens with one attached hydrogen (secondary N) is 1. The topological polar surface area (TPSA) is 115 Å². The average molecular weight is 387 g/mol. The molecule has 5 atom stereocenters. The highest BCUT2D eigenvalue weighted by Crippen LogP contribution is 2.57. The van der Waals surface area contributed by atoms with Crippen LogP contribution in [0.15, 0.2) is 11.1 Å². The molecule has 2 N–H and O–H groups in total. The lowest BCUT2D eigenvalue weighted by Crippen LogP contribution is -2.41. The molecule has 4 rings (SSSR count). The fourth-order valence-electron chi connectivity index (χ4n) is 3.00. The quantitative estimate of drug-likeness (QED) is 0.681. The highest BCUT2D eigenvalue weighted by molar-refractivity contribution is 8.08. The first-order chi connectivity index (χ1) is 11.8. The third kappa shape index (κ3) is 2.67. The maximum Gasteiger partial charge on any atom is 0.279 e. The van der Waals surface area contributed by atoms with Crippen LogP contribution in [0.2, 0.25) is 0 Å². The second-order valence-electron chi connectivity index (χ2n) is 6.21. The Balaban J connectivity index is 1.70. The molecule has 12 heteroatoms. The van der Waals surface area contributed by atoms with Crippen molar-refractivity contribution in [3.05, 3.63) is 22.5 Å². The number of aliphatic hydroxyl groups excluding tert-OH is 1. The molecule has 0 aromatic carbocycles. The Morgan fingerprint density at radius 3 is 3.00 bits per heavy atom. The SMILES string of the molecule is Cc1nc2c(ncn2[C@@H]2O[C@@H]3COP(=S)(N(C)C)OC3C2O)c(=O)[nH]1. The van der Waals surface area contributed by atoms with Crippen LogP contribution >= 0.6 is 6.64 Å². The van der Waals surface area contributed by atoms with Gasteiger partial charge in [0.05, 0.1) is 12.9 Å². The van der Waals surface area contributed by atoms with Gasteiger partial charge in [0.2, 0.25) is 0 Å². The maximum absolute atomic E-state index is 12.0. The van der Waals surface area contributed by atoms with Gasteiger partial charge in [-0.15, -0.1) is 0 Å². The van der Waals surface area contributed by atoms with Crippen LogP contribution in [-0.2, 0) is 25.6 Å². The molecule has 0 amide bonds. The van der Waals surface area contributed by atoms with E-state index in [1.807, 2.05) is 0 Å². The molecule has 2 saturated heterocycles. The molecule has 25 heavy (non-hydrogen) atoms. The smallest absolute Gasteiger partial charge is 0.279 e. The van der Waals surface area contributed by atoms with E-state index in [1.165, 1.54) is 6.33 Å². The lowest BCUT2D eigenvalue weighted by Gasteiger charge is -2.37. The van der Waals surface area contributed by atoms with Gasteiger partial charge in [0.25, 0.3) is 12.2 Å². The lowest BCUT2D eigenvalue weighted by molar-refractivity contribution is -0.0569. The normalized spacial score (nSPS) is 35.4. The molecule has 4 heterocycles. The largest absolute Gasteiger partial charge is 0.386 e. The molecule has 2 aromatic rings. The molecule has 2 aliphatic rings. The molecule has 0 spiro atoms. The standard InChI is InChI=1S/C13H18N5O5PS/c1-6-15-11-8(12(20)16-6)14-5-18(11)13-9(19)10-7(22-13)4-21-24(25,23-10)17(2)3/h5,7,9-10,13,19H,4H2,1-3H3,(H,15,16,20)/t7-,9?,10?,13-,24?/m1/s1. The summed E-state index contributed by atoms with van der Waals surface area (Å²) in [5, 5.41) is 10.8. The monoisotopic (exact) mass is 387 g/mol. The van der Waals surface area contributed by atoms with E-state index >= 15 is 0 Å². The van der Waals surface area contributed by atoms with E-state index < -0.39 is 31.2 Å². The van der Waals surface area contributed by atoms with Gasteiger partial charge in [0.1, 0.15) is 24.1 Å². The molecule has 0 aliphatic carbocycles. The number of fused-ring (bicyclic) bond motifs is 2. The Bertz CT molecular complexity index is 929. The minimum atomic E-state index is -2.63. The van der Waals surface area contributed by atoms with Crippen LogP contribution in [0.1, 0.15) is 12.1 Å². The van der Waals surface area contributed by atoms with Crippen molar-refractivity contribution in [1.29, 1.82) is 0 Å². The van der Waals surface area contributed by atoms with Crippen LogP contribution in [0.25, 0.3) is 11.2 Å². The summed E-state index contributed by atoms with van der Waals surface area (Å²) in [5.74, 6) is 0.451. The number of nitrogens with zero attached hydrogens (tertiary/aromatic N) is 4. The minimum absolute atomic E-state index is 0.187. The van der Waals surface area contributed by atoms with Gasteiger partial charge >= 0.3 is 0 Å². The zero-order chi connectivity index (χ0) is 17.9. The Kier molecular flexibility index (Phi) is 4.08. The average Bonchev–Trinajstić information content (AvgIpc) is 3.09. The zero-order valence-corrected chi connectivity index (χ0v) is 15.5. The van der Waals surface area contributed by atoms with Gasteiger partial charge in [-0.05, 0) is 32.8 Å². The molecule has 136 valence electrons.